The zero-order valence-corrected chi connectivity index (χ0v) is 7.22. The lowest BCUT2D eigenvalue weighted by Gasteiger charge is -2.16. The average Bonchev–Trinajstić information content (AvgIpc) is 2.39. The SMILES string of the molecule is CCC1CC1(N)CN(C)C. The van der Waals surface area contributed by atoms with Gasteiger partial charge in [0.2, 0.25) is 0 Å². The third-order valence-electron chi connectivity index (χ3n) is 2.38. The van der Waals surface area contributed by atoms with Gasteiger partial charge in [-0.15, -0.1) is 0 Å². The first-order valence-electron chi connectivity index (χ1n) is 4.02. The van der Waals surface area contributed by atoms with Crippen molar-refractivity contribution in [2.75, 3.05) is 20.6 Å². The standard InChI is InChI=1S/C8H18N2/c1-4-7-5-8(7,9)6-10(2)3/h7H,4-6,9H2,1-3H3. The van der Waals surface area contributed by atoms with Crippen molar-refractivity contribution in [1.82, 2.24) is 4.90 Å². The Kier molecular flexibility index (Phi) is 2.02. The molecule has 1 aliphatic carbocycles. The van der Waals surface area contributed by atoms with Crippen LogP contribution in [0.15, 0.2) is 0 Å². The summed E-state index contributed by atoms with van der Waals surface area (Å²) in [4.78, 5) is 2.18. The van der Waals surface area contributed by atoms with Gasteiger partial charge >= 0.3 is 0 Å². The van der Waals surface area contributed by atoms with Gasteiger partial charge in [0.15, 0.2) is 0 Å². The van der Waals surface area contributed by atoms with Gasteiger partial charge < -0.3 is 10.6 Å². The van der Waals surface area contributed by atoms with Crippen LogP contribution in [0.3, 0.4) is 0 Å². The van der Waals surface area contributed by atoms with Crippen molar-refractivity contribution in [2.45, 2.75) is 25.3 Å². The maximum Gasteiger partial charge on any atom is 0.0315 e. The minimum absolute atomic E-state index is 0.165. The molecular weight excluding hydrogens is 124 g/mol. The van der Waals surface area contributed by atoms with Gasteiger partial charge in [0.05, 0.1) is 0 Å². The van der Waals surface area contributed by atoms with Crippen molar-refractivity contribution in [3.63, 3.8) is 0 Å². The lowest BCUT2D eigenvalue weighted by Crippen LogP contribution is -2.37. The summed E-state index contributed by atoms with van der Waals surface area (Å²) in [5, 5.41) is 0. The highest BCUT2D eigenvalue weighted by Gasteiger charge is 2.49. The van der Waals surface area contributed by atoms with Crippen LogP contribution < -0.4 is 5.73 Å². The Morgan fingerprint density at radius 1 is 1.60 bits per heavy atom. The summed E-state index contributed by atoms with van der Waals surface area (Å²) < 4.78 is 0. The van der Waals surface area contributed by atoms with Gasteiger partial charge in [-0.2, -0.15) is 0 Å². The number of nitrogens with two attached hydrogens (primary N) is 1. The van der Waals surface area contributed by atoms with E-state index in [1.807, 2.05) is 0 Å². The van der Waals surface area contributed by atoms with E-state index in [1.54, 1.807) is 0 Å². The van der Waals surface area contributed by atoms with Gasteiger partial charge in [-0.1, -0.05) is 13.3 Å². The molecule has 2 unspecified atom stereocenters. The molecule has 0 heterocycles. The Bertz CT molecular complexity index is 122. The maximum atomic E-state index is 6.06. The summed E-state index contributed by atoms with van der Waals surface area (Å²) in [5.74, 6) is 0.787. The Hall–Kier alpha value is -0.0800. The number of hydrogen-bond acceptors (Lipinski definition) is 2. The molecule has 0 aromatic heterocycles. The van der Waals surface area contributed by atoms with E-state index in [1.165, 1.54) is 12.8 Å². The highest BCUT2D eigenvalue weighted by atomic mass is 15.1. The molecule has 1 saturated carbocycles. The van der Waals surface area contributed by atoms with Crippen molar-refractivity contribution in [1.29, 1.82) is 0 Å². The van der Waals surface area contributed by atoms with Crippen LogP contribution >= 0.6 is 0 Å². The third-order valence-corrected chi connectivity index (χ3v) is 2.38. The number of rotatable bonds is 3. The van der Waals surface area contributed by atoms with Gasteiger partial charge in [-0.05, 0) is 26.4 Å². The molecule has 1 fully saturated rings. The van der Waals surface area contributed by atoms with Crippen LogP contribution in [0.5, 0.6) is 0 Å². The fourth-order valence-corrected chi connectivity index (χ4v) is 1.73. The number of hydrogen-bond donors (Lipinski definition) is 1. The molecule has 0 aromatic carbocycles. The summed E-state index contributed by atoms with van der Waals surface area (Å²) in [5.41, 5.74) is 6.23. The first-order chi connectivity index (χ1) is 4.58. The molecule has 2 heteroatoms. The molecule has 0 bridgehead atoms. The Labute approximate surface area is 63.4 Å². The monoisotopic (exact) mass is 142 g/mol. The zero-order valence-electron chi connectivity index (χ0n) is 7.22. The third kappa shape index (κ3) is 1.50. The predicted octanol–water partition coefficient (Wildman–Crippen LogP) is 0.675. The van der Waals surface area contributed by atoms with E-state index in [-0.39, 0.29) is 5.54 Å². The molecule has 10 heavy (non-hydrogen) atoms. The lowest BCUT2D eigenvalue weighted by molar-refractivity contribution is 0.348. The minimum Gasteiger partial charge on any atom is -0.324 e. The van der Waals surface area contributed by atoms with Crippen LogP contribution in [-0.4, -0.2) is 31.1 Å². The summed E-state index contributed by atoms with van der Waals surface area (Å²) in [6, 6.07) is 0. The maximum absolute atomic E-state index is 6.06. The van der Waals surface area contributed by atoms with Crippen LogP contribution in [0.25, 0.3) is 0 Å². The molecule has 0 aliphatic heterocycles. The highest BCUT2D eigenvalue weighted by Crippen LogP contribution is 2.43. The Morgan fingerprint density at radius 3 is 2.50 bits per heavy atom. The fourth-order valence-electron chi connectivity index (χ4n) is 1.73. The van der Waals surface area contributed by atoms with Crippen molar-refractivity contribution < 1.29 is 0 Å². The van der Waals surface area contributed by atoms with Crippen LogP contribution in [0.4, 0.5) is 0 Å². The molecule has 0 aromatic rings. The molecule has 0 saturated heterocycles. The normalized spacial score (nSPS) is 38.7. The van der Waals surface area contributed by atoms with Gasteiger partial charge in [0, 0.05) is 12.1 Å². The van der Waals surface area contributed by atoms with E-state index >= 15 is 0 Å². The predicted molar refractivity (Wildman–Crippen MR) is 43.9 cm³/mol. The van der Waals surface area contributed by atoms with Gasteiger partial charge in [-0.25, -0.2) is 0 Å². The Balaban J connectivity index is 2.29. The highest BCUT2D eigenvalue weighted by molar-refractivity contribution is 5.08. The van der Waals surface area contributed by atoms with Crippen LogP contribution in [0, 0.1) is 5.92 Å². The molecule has 1 aliphatic rings. The molecule has 2 atom stereocenters. The average molecular weight is 142 g/mol. The zero-order chi connectivity index (χ0) is 7.78. The molecule has 60 valence electrons. The van der Waals surface area contributed by atoms with Crippen LogP contribution in [0.1, 0.15) is 19.8 Å². The summed E-state index contributed by atoms with van der Waals surface area (Å²) >= 11 is 0. The largest absolute Gasteiger partial charge is 0.324 e. The number of nitrogens with zero attached hydrogens (tertiary/aromatic N) is 1. The topological polar surface area (TPSA) is 29.3 Å². The second kappa shape index (κ2) is 2.51. The van der Waals surface area contributed by atoms with E-state index in [2.05, 4.69) is 25.9 Å². The fraction of sp³-hybridized carbons (Fsp3) is 1.00. The van der Waals surface area contributed by atoms with Crippen molar-refractivity contribution >= 4 is 0 Å². The Morgan fingerprint density at radius 2 is 2.20 bits per heavy atom. The van der Waals surface area contributed by atoms with Gasteiger partial charge in [0.25, 0.3) is 0 Å². The first-order valence-corrected chi connectivity index (χ1v) is 4.02. The smallest absolute Gasteiger partial charge is 0.0315 e. The summed E-state index contributed by atoms with van der Waals surface area (Å²) in [7, 11) is 4.17. The van der Waals surface area contributed by atoms with Gasteiger partial charge in [0.1, 0.15) is 0 Å². The van der Waals surface area contributed by atoms with Crippen molar-refractivity contribution in [3.05, 3.63) is 0 Å². The van der Waals surface area contributed by atoms with E-state index < -0.39 is 0 Å². The van der Waals surface area contributed by atoms with Crippen LogP contribution in [-0.2, 0) is 0 Å². The second-order valence-electron chi connectivity index (χ2n) is 3.78. The second-order valence-corrected chi connectivity index (χ2v) is 3.78. The van der Waals surface area contributed by atoms with Crippen molar-refractivity contribution in [2.24, 2.45) is 11.7 Å². The van der Waals surface area contributed by atoms with E-state index in [4.69, 9.17) is 5.73 Å². The van der Waals surface area contributed by atoms with E-state index in [0.29, 0.717) is 0 Å². The number of likely N-dealkylation sites (N-methyl/N-ethyl adjacent to an activating group) is 1. The van der Waals surface area contributed by atoms with Crippen molar-refractivity contribution in [3.8, 4) is 0 Å². The first kappa shape index (κ1) is 8.02. The molecule has 1 rings (SSSR count). The molecule has 0 amide bonds. The van der Waals surface area contributed by atoms with E-state index in [9.17, 15) is 0 Å². The minimum atomic E-state index is 0.165. The van der Waals surface area contributed by atoms with Gasteiger partial charge in [-0.3, -0.25) is 0 Å². The molecular formula is C8H18N2. The molecule has 2 nitrogen and oxygen atoms in total. The molecule has 2 N–H and O–H groups in total. The summed E-state index contributed by atoms with van der Waals surface area (Å²) in [6.07, 6.45) is 2.46. The lowest BCUT2D eigenvalue weighted by atomic mass is 10.2. The molecule has 0 spiro atoms. The quantitative estimate of drug-likeness (QED) is 0.627. The van der Waals surface area contributed by atoms with E-state index in [0.717, 1.165) is 12.5 Å². The summed E-state index contributed by atoms with van der Waals surface area (Å²) in [6.45, 7) is 3.26. The molecule has 0 radical (unpaired) electrons. The van der Waals surface area contributed by atoms with Crippen LogP contribution in [0.2, 0.25) is 0 Å².